The molecule has 2 unspecified atom stereocenters. The van der Waals surface area contributed by atoms with Crippen molar-refractivity contribution in [1.29, 1.82) is 0 Å². The minimum Gasteiger partial charge on any atom is -0.480 e. The summed E-state index contributed by atoms with van der Waals surface area (Å²) < 4.78 is 0. The van der Waals surface area contributed by atoms with Crippen molar-refractivity contribution in [3.8, 4) is 0 Å². The minimum absolute atomic E-state index is 0.433. The molecule has 0 radical (unpaired) electrons. The average molecular weight is 585 g/mol. The number of allylic oxidation sites excluding steroid dienone is 1. The van der Waals surface area contributed by atoms with E-state index < -0.39 is 22.4 Å². The van der Waals surface area contributed by atoms with Gasteiger partial charge in [0.15, 0.2) is 0 Å². The number of unbranched alkanes of at least 4 members (excludes halogenated alkanes) is 6. The first kappa shape index (κ1) is 35.6. The quantitative estimate of drug-likeness (QED) is 0.126. The largest absolute Gasteiger partial charge is 0.480 e. The molecule has 40 heavy (non-hydrogen) atoms. The van der Waals surface area contributed by atoms with Crippen molar-refractivity contribution < 1.29 is 19.8 Å². The van der Waals surface area contributed by atoms with E-state index in [0.717, 1.165) is 54.6 Å². The van der Waals surface area contributed by atoms with Crippen molar-refractivity contribution in [3.05, 3.63) is 95.6 Å². The molecule has 2 atom stereocenters. The van der Waals surface area contributed by atoms with E-state index in [1.165, 1.54) is 54.8 Å². The van der Waals surface area contributed by atoms with Gasteiger partial charge < -0.3 is 10.2 Å². The lowest BCUT2D eigenvalue weighted by Crippen LogP contribution is -2.18. The number of carbonyl (C=O) groups is 2. The van der Waals surface area contributed by atoms with Crippen molar-refractivity contribution in [2.45, 2.75) is 101 Å². The van der Waals surface area contributed by atoms with Crippen molar-refractivity contribution in [3.63, 3.8) is 0 Å². The summed E-state index contributed by atoms with van der Waals surface area (Å²) in [5, 5.41) is 17.8. The number of rotatable bonds is 19. The van der Waals surface area contributed by atoms with Crippen molar-refractivity contribution in [2.75, 3.05) is 0 Å². The highest BCUT2D eigenvalue weighted by Crippen LogP contribution is 2.27. The van der Waals surface area contributed by atoms with Gasteiger partial charge in [-0.2, -0.15) is 0 Å². The molecule has 4 nitrogen and oxygen atoms in total. The first-order valence-corrected chi connectivity index (χ1v) is 16.5. The van der Waals surface area contributed by atoms with Crippen LogP contribution in [0.1, 0.15) is 89.7 Å². The molecular formula is C34H48O4S2. The average Bonchev–Trinajstić information content (AvgIpc) is 2.95. The first-order chi connectivity index (χ1) is 19.3. The fourth-order valence-electron chi connectivity index (χ4n) is 4.01. The number of hydrogen-bond acceptors (Lipinski definition) is 4. The maximum Gasteiger partial charge on any atom is 0.320 e. The molecule has 0 fully saturated rings. The summed E-state index contributed by atoms with van der Waals surface area (Å²) in [4.78, 5) is 22.8. The zero-order chi connectivity index (χ0) is 29.6. The van der Waals surface area contributed by atoms with Crippen LogP contribution in [0.15, 0.2) is 84.5 Å². The fraction of sp³-hybridized carbons (Fsp3) is 0.471. The van der Waals surface area contributed by atoms with Crippen LogP contribution < -0.4 is 0 Å². The maximum atomic E-state index is 11.4. The lowest BCUT2D eigenvalue weighted by Gasteiger charge is -2.15. The van der Waals surface area contributed by atoms with E-state index in [0.29, 0.717) is 5.75 Å². The van der Waals surface area contributed by atoms with E-state index in [1.807, 2.05) is 67.6 Å². The smallest absolute Gasteiger partial charge is 0.320 e. The van der Waals surface area contributed by atoms with Crippen LogP contribution in [0, 0.1) is 0 Å². The highest BCUT2D eigenvalue weighted by atomic mass is 32.2. The molecule has 2 aromatic carbocycles. The Labute approximate surface area is 250 Å². The molecule has 0 spiro atoms. The van der Waals surface area contributed by atoms with E-state index in [-0.39, 0.29) is 0 Å². The topological polar surface area (TPSA) is 74.6 Å². The molecule has 0 aliphatic carbocycles. The molecule has 0 heterocycles. The first-order valence-electron chi connectivity index (χ1n) is 14.4. The molecule has 0 saturated carbocycles. The molecule has 2 rings (SSSR count). The Hall–Kier alpha value is -2.44. The van der Waals surface area contributed by atoms with Gasteiger partial charge in [-0.3, -0.25) is 9.59 Å². The zero-order valence-corrected chi connectivity index (χ0v) is 26.2. The molecule has 0 saturated heterocycles. The second-order valence-corrected chi connectivity index (χ2v) is 12.1. The summed E-state index contributed by atoms with van der Waals surface area (Å²) >= 11 is 2.94. The molecule has 6 heteroatoms. The second kappa shape index (κ2) is 22.3. The Balaban J connectivity index is 0.000000400. The molecule has 2 N–H and O–H groups in total. The van der Waals surface area contributed by atoms with Gasteiger partial charge in [-0.05, 0) is 43.7 Å². The van der Waals surface area contributed by atoms with Gasteiger partial charge in [-0.15, -0.1) is 23.5 Å². The Morgan fingerprint density at radius 1 is 0.750 bits per heavy atom. The third-order valence-electron chi connectivity index (χ3n) is 6.38. The summed E-state index contributed by atoms with van der Waals surface area (Å²) in [7, 11) is 0. The third-order valence-corrected chi connectivity index (χ3v) is 9.15. The normalized spacial score (nSPS) is 12.6. The second-order valence-electron chi connectivity index (χ2n) is 9.94. The monoisotopic (exact) mass is 584 g/mol. The van der Waals surface area contributed by atoms with Gasteiger partial charge in [0.05, 0.1) is 0 Å². The standard InChI is InChI=1S/2C17H24O2S/c2*1-3-4-5-7-10-14(2)16(17(18)19)20-13-15-11-8-6-9-12-15/h6,8-12,16H,3-5,7,13H2,1-2H3,(H,18,19);6,8-9,11-12,16H,2-5,7,10,13H2,1H3,(H,18,19). The van der Waals surface area contributed by atoms with E-state index in [4.69, 9.17) is 0 Å². The number of benzene rings is 2. The van der Waals surface area contributed by atoms with Crippen LogP contribution in [-0.4, -0.2) is 32.7 Å². The number of carboxylic acids is 2. The van der Waals surface area contributed by atoms with Crippen LogP contribution >= 0.6 is 23.5 Å². The number of carboxylic acid groups (broad SMARTS) is 2. The predicted molar refractivity (Wildman–Crippen MR) is 174 cm³/mol. The summed E-state index contributed by atoms with van der Waals surface area (Å²) in [6, 6.07) is 20.0. The summed E-state index contributed by atoms with van der Waals surface area (Å²) in [6.45, 7) is 10.3. The molecule has 0 aliphatic heterocycles. The molecule has 220 valence electrons. The molecule has 0 aliphatic rings. The van der Waals surface area contributed by atoms with Gasteiger partial charge in [-0.1, -0.05) is 130 Å². The molecule has 0 amide bonds. The Morgan fingerprint density at radius 3 is 1.70 bits per heavy atom. The fourth-order valence-corrected chi connectivity index (χ4v) is 6.11. The molecule has 2 aromatic rings. The highest BCUT2D eigenvalue weighted by Gasteiger charge is 2.21. The Kier molecular flexibility index (Phi) is 19.8. The van der Waals surface area contributed by atoms with Crippen LogP contribution in [0.4, 0.5) is 0 Å². The van der Waals surface area contributed by atoms with Crippen LogP contribution in [0.5, 0.6) is 0 Å². The van der Waals surface area contributed by atoms with Gasteiger partial charge in [-0.25, -0.2) is 0 Å². The summed E-state index contributed by atoms with van der Waals surface area (Å²) in [5.74, 6) is -0.0643. The van der Waals surface area contributed by atoms with Gasteiger partial charge in [0, 0.05) is 11.5 Å². The van der Waals surface area contributed by atoms with Gasteiger partial charge >= 0.3 is 11.9 Å². The van der Waals surface area contributed by atoms with Crippen molar-refractivity contribution >= 4 is 35.5 Å². The molecule has 0 bridgehead atoms. The summed E-state index contributed by atoms with van der Waals surface area (Å²) in [6.07, 6.45) is 12.0. The van der Waals surface area contributed by atoms with Crippen LogP contribution in [0.2, 0.25) is 0 Å². The van der Waals surface area contributed by atoms with E-state index in [2.05, 4.69) is 26.5 Å². The van der Waals surface area contributed by atoms with E-state index >= 15 is 0 Å². The predicted octanol–water partition coefficient (Wildman–Crippen LogP) is 9.80. The lowest BCUT2D eigenvalue weighted by atomic mass is 10.1. The summed E-state index contributed by atoms with van der Waals surface area (Å²) in [5.41, 5.74) is 4.13. The number of hydrogen-bond donors (Lipinski definition) is 2. The SMILES string of the molecule is C=C(CCCCCC)C(SCc1ccccc1)C(=O)O.CCCCCC=C(C)C(SCc1ccccc1)C(=O)O. The number of aliphatic carboxylic acids is 2. The molecular weight excluding hydrogens is 537 g/mol. The van der Waals surface area contributed by atoms with Gasteiger partial charge in [0.1, 0.15) is 10.5 Å². The van der Waals surface area contributed by atoms with Crippen molar-refractivity contribution in [1.82, 2.24) is 0 Å². The van der Waals surface area contributed by atoms with Crippen LogP contribution in [0.25, 0.3) is 0 Å². The van der Waals surface area contributed by atoms with Crippen LogP contribution in [0.3, 0.4) is 0 Å². The maximum absolute atomic E-state index is 11.4. The molecule has 0 aromatic heterocycles. The lowest BCUT2D eigenvalue weighted by molar-refractivity contribution is -0.136. The minimum atomic E-state index is -0.772. The van der Waals surface area contributed by atoms with Gasteiger partial charge in [0.2, 0.25) is 0 Å². The zero-order valence-electron chi connectivity index (χ0n) is 24.5. The Morgan fingerprint density at radius 2 is 1.23 bits per heavy atom. The third kappa shape index (κ3) is 16.0. The van der Waals surface area contributed by atoms with E-state index in [1.54, 1.807) is 0 Å². The Bertz CT molecular complexity index is 1010. The van der Waals surface area contributed by atoms with Crippen molar-refractivity contribution in [2.24, 2.45) is 0 Å². The van der Waals surface area contributed by atoms with E-state index in [9.17, 15) is 19.8 Å². The van der Waals surface area contributed by atoms with Gasteiger partial charge in [0.25, 0.3) is 0 Å². The highest BCUT2D eigenvalue weighted by molar-refractivity contribution is 8.00. The number of thioether (sulfide) groups is 2. The van der Waals surface area contributed by atoms with Crippen LogP contribution in [-0.2, 0) is 21.1 Å².